The molecule has 0 radical (unpaired) electrons. The number of benzene rings is 1. The predicted octanol–water partition coefficient (Wildman–Crippen LogP) is 1.15. The third kappa shape index (κ3) is 3.33. The van der Waals surface area contributed by atoms with Gasteiger partial charge >= 0.3 is 0 Å². The Kier molecular flexibility index (Phi) is 4.32. The maximum absolute atomic E-state index is 11.9. The van der Waals surface area contributed by atoms with E-state index in [-0.39, 0.29) is 12.1 Å². The first-order valence-corrected chi connectivity index (χ1v) is 6.29. The predicted molar refractivity (Wildman–Crippen MR) is 75.5 cm³/mol. The molecule has 1 heterocycles. The highest BCUT2D eigenvalue weighted by molar-refractivity contribution is 5.93. The lowest BCUT2D eigenvalue weighted by Crippen LogP contribution is -2.32. The van der Waals surface area contributed by atoms with Gasteiger partial charge in [0.15, 0.2) is 0 Å². The Balaban J connectivity index is 2.00. The van der Waals surface area contributed by atoms with Crippen LogP contribution in [0.4, 0.5) is 0 Å². The largest absolute Gasteiger partial charge is 0.387 e. The lowest BCUT2D eigenvalue weighted by atomic mass is 10.1. The van der Waals surface area contributed by atoms with Gasteiger partial charge in [0.25, 0.3) is 11.5 Å². The van der Waals surface area contributed by atoms with Crippen molar-refractivity contribution >= 4 is 5.91 Å². The average molecular weight is 272 g/mol. The second-order valence-electron chi connectivity index (χ2n) is 4.52. The number of aliphatic hydroxyl groups excluding tert-OH is 1. The molecule has 1 aromatic carbocycles. The average Bonchev–Trinajstić information content (AvgIpc) is 2.45. The summed E-state index contributed by atoms with van der Waals surface area (Å²) in [6.07, 6.45) is -0.801. The number of nitrogens with one attached hydrogen (secondary N) is 2. The van der Waals surface area contributed by atoms with Crippen LogP contribution >= 0.6 is 0 Å². The van der Waals surface area contributed by atoms with Crippen molar-refractivity contribution < 1.29 is 9.90 Å². The molecule has 2 rings (SSSR count). The minimum absolute atomic E-state index is 0.0378. The first-order chi connectivity index (χ1) is 9.58. The summed E-state index contributed by atoms with van der Waals surface area (Å²) in [7, 11) is 0. The van der Waals surface area contributed by atoms with E-state index in [4.69, 9.17) is 0 Å². The zero-order chi connectivity index (χ0) is 14.5. The molecular weight excluding hydrogens is 256 g/mol. The maximum Gasteiger partial charge on any atom is 0.260 e. The lowest BCUT2D eigenvalue weighted by molar-refractivity contribution is 0.0915. The SMILES string of the molecule is Cc1ccc(C(=O)NC[C@@H](O)c2ccccc2)c(=O)[nH]1. The molecule has 0 spiro atoms. The minimum atomic E-state index is -0.801. The van der Waals surface area contributed by atoms with Crippen LogP contribution in [0.15, 0.2) is 47.3 Å². The zero-order valence-corrected chi connectivity index (χ0v) is 11.1. The van der Waals surface area contributed by atoms with Gasteiger partial charge in [-0.25, -0.2) is 0 Å². The number of aromatic amines is 1. The Morgan fingerprint density at radius 2 is 1.95 bits per heavy atom. The number of hydrogen-bond donors (Lipinski definition) is 3. The number of aromatic nitrogens is 1. The number of rotatable bonds is 4. The fraction of sp³-hybridized carbons (Fsp3) is 0.200. The molecule has 20 heavy (non-hydrogen) atoms. The van der Waals surface area contributed by atoms with E-state index < -0.39 is 17.6 Å². The van der Waals surface area contributed by atoms with Crippen molar-refractivity contribution in [1.29, 1.82) is 0 Å². The minimum Gasteiger partial charge on any atom is -0.387 e. The summed E-state index contributed by atoms with van der Waals surface area (Å²) < 4.78 is 0. The fourth-order valence-electron chi connectivity index (χ4n) is 1.83. The Labute approximate surface area is 116 Å². The van der Waals surface area contributed by atoms with Crippen molar-refractivity contribution in [3.63, 3.8) is 0 Å². The monoisotopic (exact) mass is 272 g/mol. The molecule has 0 aliphatic heterocycles. The van der Waals surface area contributed by atoms with Gasteiger partial charge in [0, 0.05) is 12.2 Å². The molecule has 3 N–H and O–H groups in total. The number of carbonyl (C=O) groups is 1. The molecular formula is C15H16N2O3. The molecule has 0 saturated carbocycles. The van der Waals surface area contributed by atoms with Crippen LogP contribution in [0.25, 0.3) is 0 Å². The van der Waals surface area contributed by atoms with Gasteiger partial charge in [0.05, 0.1) is 6.10 Å². The van der Waals surface area contributed by atoms with Gasteiger partial charge in [-0.1, -0.05) is 30.3 Å². The van der Waals surface area contributed by atoms with Crippen LogP contribution in [-0.2, 0) is 0 Å². The molecule has 1 aromatic heterocycles. The third-order valence-corrected chi connectivity index (χ3v) is 2.94. The van der Waals surface area contributed by atoms with Crippen LogP contribution in [0.3, 0.4) is 0 Å². The van der Waals surface area contributed by atoms with Gasteiger partial charge in [-0.2, -0.15) is 0 Å². The number of pyridine rings is 1. The summed E-state index contributed by atoms with van der Waals surface area (Å²) in [4.78, 5) is 26.0. The highest BCUT2D eigenvalue weighted by atomic mass is 16.3. The van der Waals surface area contributed by atoms with Crippen molar-refractivity contribution in [3.05, 3.63) is 69.6 Å². The molecule has 1 amide bonds. The first kappa shape index (κ1) is 14.0. The smallest absolute Gasteiger partial charge is 0.260 e. The summed E-state index contributed by atoms with van der Waals surface area (Å²) in [5.74, 6) is -0.499. The normalized spacial score (nSPS) is 11.9. The second kappa shape index (κ2) is 6.16. The van der Waals surface area contributed by atoms with Crippen molar-refractivity contribution in [2.45, 2.75) is 13.0 Å². The Morgan fingerprint density at radius 3 is 2.60 bits per heavy atom. The van der Waals surface area contributed by atoms with E-state index >= 15 is 0 Å². The molecule has 104 valence electrons. The van der Waals surface area contributed by atoms with Gasteiger partial charge in [0.2, 0.25) is 0 Å². The molecule has 1 atom stereocenters. The van der Waals surface area contributed by atoms with E-state index in [1.807, 2.05) is 18.2 Å². The summed E-state index contributed by atoms with van der Waals surface area (Å²) in [6.45, 7) is 1.79. The number of amides is 1. The Morgan fingerprint density at radius 1 is 1.25 bits per heavy atom. The number of H-pyrrole nitrogens is 1. The van der Waals surface area contributed by atoms with E-state index in [0.29, 0.717) is 11.3 Å². The van der Waals surface area contributed by atoms with E-state index in [1.54, 1.807) is 25.1 Å². The van der Waals surface area contributed by atoms with E-state index in [2.05, 4.69) is 10.3 Å². The van der Waals surface area contributed by atoms with Gasteiger partial charge in [-0.3, -0.25) is 9.59 Å². The second-order valence-corrected chi connectivity index (χ2v) is 4.52. The summed E-state index contributed by atoms with van der Waals surface area (Å²) in [5.41, 5.74) is 1.01. The molecule has 0 aliphatic rings. The summed E-state index contributed by atoms with van der Waals surface area (Å²) >= 11 is 0. The highest BCUT2D eigenvalue weighted by Crippen LogP contribution is 2.10. The van der Waals surface area contributed by atoms with Crippen LogP contribution in [0.1, 0.15) is 27.7 Å². The first-order valence-electron chi connectivity index (χ1n) is 6.29. The fourth-order valence-corrected chi connectivity index (χ4v) is 1.83. The highest BCUT2D eigenvalue weighted by Gasteiger charge is 2.13. The molecule has 2 aromatic rings. The van der Waals surface area contributed by atoms with Crippen molar-refractivity contribution in [1.82, 2.24) is 10.3 Å². The van der Waals surface area contributed by atoms with Crippen LogP contribution < -0.4 is 10.9 Å². The molecule has 0 unspecified atom stereocenters. The van der Waals surface area contributed by atoms with Gasteiger partial charge in [-0.05, 0) is 24.6 Å². The van der Waals surface area contributed by atoms with Crippen molar-refractivity contribution in [2.24, 2.45) is 0 Å². The number of aliphatic hydroxyl groups is 1. The maximum atomic E-state index is 11.9. The number of hydrogen-bond acceptors (Lipinski definition) is 3. The standard InChI is InChI=1S/C15H16N2O3/c1-10-7-8-12(15(20)17-10)14(19)16-9-13(18)11-5-3-2-4-6-11/h2-8,13,18H,9H2,1H3,(H,16,19)(H,17,20)/t13-/m1/s1. The van der Waals surface area contributed by atoms with Crippen molar-refractivity contribution in [3.8, 4) is 0 Å². The van der Waals surface area contributed by atoms with E-state index in [1.165, 1.54) is 6.07 Å². The summed E-state index contributed by atoms with van der Waals surface area (Å²) in [6, 6.07) is 12.1. The Bertz CT molecular complexity index is 650. The Hall–Kier alpha value is -2.40. The summed E-state index contributed by atoms with van der Waals surface area (Å²) in [5, 5.41) is 12.5. The van der Waals surface area contributed by atoms with Crippen LogP contribution in [0, 0.1) is 6.92 Å². The quantitative estimate of drug-likeness (QED) is 0.780. The van der Waals surface area contributed by atoms with E-state index in [9.17, 15) is 14.7 Å². The topological polar surface area (TPSA) is 82.2 Å². The van der Waals surface area contributed by atoms with Gasteiger partial charge < -0.3 is 15.4 Å². The van der Waals surface area contributed by atoms with E-state index in [0.717, 1.165) is 0 Å². The van der Waals surface area contributed by atoms with Crippen molar-refractivity contribution in [2.75, 3.05) is 6.54 Å². The molecule has 5 heteroatoms. The third-order valence-electron chi connectivity index (χ3n) is 2.94. The van der Waals surface area contributed by atoms with Gasteiger partial charge in [-0.15, -0.1) is 0 Å². The molecule has 0 saturated heterocycles. The van der Waals surface area contributed by atoms with Gasteiger partial charge in [0.1, 0.15) is 5.56 Å². The van der Waals surface area contributed by atoms with Crippen LogP contribution in [-0.4, -0.2) is 22.5 Å². The molecule has 0 fully saturated rings. The number of aryl methyl sites for hydroxylation is 1. The molecule has 0 bridgehead atoms. The molecule has 0 aliphatic carbocycles. The lowest BCUT2D eigenvalue weighted by Gasteiger charge is -2.12. The van der Waals surface area contributed by atoms with Crippen LogP contribution in [0.5, 0.6) is 0 Å². The van der Waals surface area contributed by atoms with Crippen LogP contribution in [0.2, 0.25) is 0 Å². The molecule has 5 nitrogen and oxygen atoms in total. The zero-order valence-electron chi connectivity index (χ0n) is 11.1. The number of carbonyl (C=O) groups excluding carboxylic acids is 1.